The number of fused-ring (bicyclic) bond motifs is 1. The Morgan fingerprint density at radius 3 is 2.45 bits per heavy atom. The molecule has 4 aromatic rings. The predicted molar refractivity (Wildman–Crippen MR) is 120 cm³/mol. The molecular weight excluding hydrogens is 424 g/mol. The Bertz CT molecular complexity index is 1160. The summed E-state index contributed by atoms with van der Waals surface area (Å²) in [5.74, 6) is 0.228. The number of para-hydroxylation sites is 1. The van der Waals surface area contributed by atoms with Crippen LogP contribution in [0.4, 0.5) is 0 Å². The molecule has 4 heteroatoms. The molecule has 1 fully saturated rings. The fourth-order valence-electron chi connectivity index (χ4n) is 4.37. The molecule has 0 radical (unpaired) electrons. The van der Waals surface area contributed by atoms with Gasteiger partial charge in [0.2, 0.25) is 5.91 Å². The van der Waals surface area contributed by atoms with Crippen molar-refractivity contribution in [2.75, 3.05) is 0 Å². The number of halogens is 1. The molecule has 1 aliphatic rings. The maximum absolute atomic E-state index is 12.8. The van der Waals surface area contributed by atoms with Crippen molar-refractivity contribution < 1.29 is 4.79 Å². The molecule has 1 N–H and O–H groups in total. The smallest absolute Gasteiger partial charge is 0.223 e. The molecule has 1 amide bonds. The number of hydrogen-bond acceptors (Lipinski definition) is 1. The largest absolute Gasteiger partial charge is 0.354 e. The summed E-state index contributed by atoms with van der Waals surface area (Å²) in [5, 5.41) is 1.20. The zero-order chi connectivity index (χ0) is 19.8. The van der Waals surface area contributed by atoms with E-state index in [4.69, 9.17) is 0 Å². The third-order valence-corrected chi connectivity index (χ3v) is 6.26. The fraction of sp³-hybridized carbons (Fsp3) is 0.160. The fourth-order valence-corrected chi connectivity index (χ4v) is 4.63. The lowest BCUT2D eigenvalue weighted by molar-refractivity contribution is -0.129. The number of likely N-dealkylation sites (tertiary alicyclic amines) is 1. The Labute approximate surface area is 178 Å². The molecule has 3 aromatic carbocycles. The van der Waals surface area contributed by atoms with Crippen LogP contribution in [0.25, 0.3) is 22.2 Å². The van der Waals surface area contributed by atoms with Gasteiger partial charge in [0, 0.05) is 33.9 Å². The molecule has 1 saturated heterocycles. The Hall–Kier alpha value is -2.85. The molecule has 5 rings (SSSR count). The van der Waals surface area contributed by atoms with Gasteiger partial charge in [0.25, 0.3) is 0 Å². The summed E-state index contributed by atoms with van der Waals surface area (Å²) < 4.78 is 1.06. The SMILES string of the molecule is O=C1CC[C@@H](c2c(-c3ccc(Br)cc3)[nH]c3ccccc23)N1Cc1ccccc1. The number of aromatic nitrogens is 1. The molecule has 29 heavy (non-hydrogen) atoms. The maximum atomic E-state index is 12.8. The molecule has 1 aromatic heterocycles. The van der Waals surface area contributed by atoms with Crippen LogP contribution in [0.15, 0.2) is 83.3 Å². The molecule has 1 aliphatic heterocycles. The first-order valence-corrected chi connectivity index (χ1v) is 10.7. The third-order valence-electron chi connectivity index (χ3n) is 5.74. The van der Waals surface area contributed by atoms with Gasteiger partial charge in [-0.2, -0.15) is 0 Å². The van der Waals surface area contributed by atoms with Gasteiger partial charge >= 0.3 is 0 Å². The highest BCUT2D eigenvalue weighted by Crippen LogP contribution is 2.43. The summed E-state index contributed by atoms with van der Waals surface area (Å²) in [5.41, 5.74) is 5.75. The van der Waals surface area contributed by atoms with E-state index in [0.29, 0.717) is 13.0 Å². The Morgan fingerprint density at radius 2 is 1.66 bits per heavy atom. The van der Waals surface area contributed by atoms with Gasteiger partial charge in [0.15, 0.2) is 0 Å². The van der Waals surface area contributed by atoms with E-state index in [1.54, 1.807) is 0 Å². The van der Waals surface area contributed by atoms with Crippen molar-refractivity contribution in [3.05, 3.63) is 94.5 Å². The summed E-state index contributed by atoms with van der Waals surface area (Å²) in [7, 11) is 0. The zero-order valence-electron chi connectivity index (χ0n) is 15.9. The number of amides is 1. The molecule has 144 valence electrons. The second kappa shape index (κ2) is 7.53. The summed E-state index contributed by atoms with van der Waals surface area (Å²) in [6.45, 7) is 0.642. The highest BCUT2D eigenvalue weighted by molar-refractivity contribution is 9.10. The van der Waals surface area contributed by atoms with Crippen molar-refractivity contribution in [1.29, 1.82) is 0 Å². The zero-order valence-corrected chi connectivity index (χ0v) is 17.5. The molecule has 0 unspecified atom stereocenters. The Kier molecular flexibility index (Phi) is 4.72. The number of carbonyl (C=O) groups excluding carboxylic acids is 1. The number of nitrogens with one attached hydrogen (secondary N) is 1. The van der Waals surface area contributed by atoms with Gasteiger partial charge in [0.1, 0.15) is 0 Å². The van der Waals surface area contributed by atoms with E-state index in [1.165, 1.54) is 10.9 Å². The molecule has 1 atom stereocenters. The van der Waals surface area contributed by atoms with Crippen LogP contribution in [0.5, 0.6) is 0 Å². The van der Waals surface area contributed by atoms with Gasteiger partial charge in [0.05, 0.1) is 11.7 Å². The predicted octanol–water partition coefficient (Wildman–Crippen LogP) is 6.46. The lowest BCUT2D eigenvalue weighted by atomic mass is 9.97. The van der Waals surface area contributed by atoms with E-state index >= 15 is 0 Å². The van der Waals surface area contributed by atoms with Crippen molar-refractivity contribution in [3.63, 3.8) is 0 Å². The van der Waals surface area contributed by atoms with Crippen molar-refractivity contribution in [2.45, 2.75) is 25.4 Å². The number of rotatable bonds is 4. The molecule has 0 saturated carbocycles. The van der Waals surface area contributed by atoms with Crippen LogP contribution in [-0.2, 0) is 11.3 Å². The average Bonchev–Trinajstić information content (AvgIpc) is 3.30. The van der Waals surface area contributed by atoms with Gasteiger partial charge in [-0.15, -0.1) is 0 Å². The highest BCUT2D eigenvalue weighted by Gasteiger charge is 2.35. The maximum Gasteiger partial charge on any atom is 0.223 e. The molecule has 0 spiro atoms. The topological polar surface area (TPSA) is 36.1 Å². The first-order chi connectivity index (χ1) is 14.2. The van der Waals surface area contributed by atoms with E-state index in [0.717, 1.165) is 33.2 Å². The number of aromatic amines is 1. The monoisotopic (exact) mass is 444 g/mol. The lowest BCUT2D eigenvalue weighted by Gasteiger charge is -2.26. The van der Waals surface area contributed by atoms with E-state index in [2.05, 4.69) is 81.6 Å². The van der Waals surface area contributed by atoms with Crippen LogP contribution in [0.2, 0.25) is 0 Å². The average molecular weight is 445 g/mol. The van der Waals surface area contributed by atoms with Gasteiger partial charge in [-0.3, -0.25) is 4.79 Å². The summed E-state index contributed by atoms with van der Waals surface area (Å²) in [6, 6.07) is 27.1. The van der Waals surface area contributed by atoms with Crippen molar-refractivity contribution in [1.82, 2.24) is 9.88 Å². The summed E-state index contributed by atoms with van der Waals surface area (Å²) in [4.78, 5) is 18.5. The summed E-state index contributed by atoms with van der Waals surface area (Å²) >= 11 is 3.53. The lowest BCUT2D eigenvalue weighted by Crippen LogP contribution is -2.27. The van der Waals surface area contributed by atoms with Gasteiger partial charge in [-0.25, -0.2) is 0 Å². The highest BCUT2D eigenvalue weighted by atomic mass is 79.9. The van der Waals surface area contributed by atoms with E-state index in [9.17, 15) is 4.79 Å². The molecule has 3 nitrogen and oxygen atoms in total. The second-order valence-corrected chi connectivity index (χ2v) is 8.44. The van der Waals surface area contributed by atoms with Crippen LogP contribution < -0.4 is 0 Å². The first kappa shape index (κ1) is 18.2. The number of hydrogen-bond donors (Lipinski definition) is 1. The van der Waals surface area contributed by atoms with Crippen LogP contribution in [0.1, 0.15) is 30.0 Å². The number of H-pyrrole nitrogens is 1. The van der Waals surface area contributed by atoms with Gasteiger partial charge < -0.3 is 9.88 Å². The number of nitrogens with zero attached hydrogens (tertiary/aromatic N) is 1. The molecule has 0 aliphatic carbocycles. The van der Waals surface area contributed by atoms with Gasteiger partial charge in [-0.1, -0.05) is 76.6 Å². The van der Waals surface area contributed by atoms with Crippen LogP contribution in [0.3, 0.4) is 0 Å². The minimum Gasteiger partial charge on any atom is -0.354 e. The third kappa shape index (κ3) is 3.38. The van der Waals surface area contributed by atoms with Gasteiger partial charge in [-0.05, 0) is 35.7 Å². The Balaban J connectivity index is 1.64. The molecule has 0 bridgehead atoms. The minimum absolute atomic E-state index is 0.0671. The summed E-state index contributed by atoms with van der Waals surface area (Å²) in [6.07, 6.45) is 1.44. The van der Waals surface area contributed by atoms with Crippen molar-refractivity contribution >= 4 is 32.7 Å². The minimum atomic E-state index is 0.0671. The normalized spacial score (nSPS) is 16.7. The number of benzene rings is 3. The van der Waals surface area contributed by atoms with E-state index in [1.807, 2.05) is 23.1 Å². The number of carbonyl (C=O) groups is 1. The van der Waals surface area contributed by atoms with Crippen LogP contribution in [0, 0.1) is 0 Å². The standard InChI is InChI=1S/C25H21BrN2O/c26-19-12-10-18(11-13-19)25-24(20-8-4-5-9-21(20)27-25)22-14-15-23(29)28(22)16-17-6-2-1-3-7-17/h1-13,22,27H,14-16H2/t22-/m0/s1. The Morgan fingerprint density at radius 1 is 0.931 bits per heavy atom. The van der Waals surface area contributed by atoms with E-state index in [-0.39, 0.29) is 11.9 Å². The van der Waals surface area contributed by atoms with Crippen molar-refractivity contribution in [2.24, 2.45) is 0 Å². The second-order valence-electron chi connectivity index (χ2n) is 7.53. The van der Waals surface area contributed by atoms with Crippen LogP contribution >= 0.6 is 15.9 Å². The molecule has 2 heterocycles. The van der Waals surface area contributed by atoms with E-state index < -0.39 is 0 Å². The van der Waals surface area contributed by atoms with Crippen molar-refractivity contribution in [3.8, 4) is 11.3 Å². The van der Waals surface area contributed by atoms with Crippen LogP contribution in [-0.4, -0.2) is 15.8 Å². The molecular formula is C25H21BrN2O. The quantitative estimate of drug-likeness (QED) is 0.385. The first-order valence-electron chi connectivity index (χ1n) is 9.90.